The first kappa shape index (κ1) is 23.0. The lowest BCUT2D eigenvalue weighted by Crippen LogP contribution is -2.38. The molecule has 0 saturated carbocycles. The maximum absolute atomic E-state index is 12.1. The highest BCUT2D eigenvalue weighted by atomic mass is 35.5. The van der Waals surface area contributed by atoms with E-state index in [0.717, 1.165) is 25.0 Å². The number of benzene rings is 3. The topological polar surface area (TPSA) is 65.0 Å². The zero-order valence-electron chi connectivity index (χ0n) is 18.6. The molecule has 172 valence electrons. The fourth-order valence-corrected chi connectivity index (χ4v) is 4.04. The smallest absolute Gasteiger partial charge is 0.352 e. The molecule has 0 bridgehead atoms. The molecule has 0 spiro atoms. The molecule has 5 nitrogen and oxygen atoms in total. The Morgan fingerprint density at radius 2 is 1.45 bits per heavy atom. The Bertz CT molecular complexity index is 1090. The molecule has 1 atom stereocenters. The van der Waals surface area contributed by atoms with Crippen molar-refractivity contribution in [3.05, 3.63) is 88.4 Å². The molecule has 3 aromatic rings. The highest BCUT2D eigenvalue weighted by molar-refractivity contribution is 6.30. The van der Waals surface area contributed by atoms with Crippen molar-refractivity contribution in [1.82, 2.24) is 0 Å². The third-order valence-electron chi connectivity index (χ3n) is 5.84. The Balaban J connectivity index is 1.33. The number of carboxylic acids is 1. The molecule has 6 heteroatoms. The number of carbonyl (C=O) groups is 1. The lowest BCUT2D eigenvalue weighted by molar-refractivity contribution is -0.154. The molecule has 3 aromatic carbocycles. The summed E-state index contributed by atoms with van der Waals surface area (Å²) in [7, 11) is 0. The van der Waals surface area contributed by atoms with Crippen molar-refractivity contribution >= 4 is 17.6 Å². The number of halogens is 1. The van der Waals surface area contributed by atoms with E-state index in [9.17, 15) is 9.90 Å². The minimum absolute atomic E-state index is 0.481. The molecule has 1 N–H and O–H groups in total. The van der Waals surface area contributed by atoms with Gasteiger partial charge < -0.3 is 19.3 Å². The Hall–Kier alpha value is -3.18. The van der Waals surface area contributed by atoms with Crippen molar-refractivity contribution in [2.45, 2.75) is 38.2 Å². The van der Waals surface area contributed by atoms with E-state index in [2.05, 4.69) is 0 Å². The summed E-state index contributed by atoms with van der Waals surface area (Å²) in [6.07, 6.45) is 3.91. The maximum Gasteiger partial charge on any atom is 0.352 e. The summed E-state index contributed by atoms with van der Waals surface area (Å²) >= 11 is 5.86. The van der Waals surface area contributed by atoms with Gasteiger partial charge in [0, 0.05) is 17.0 Å². The van der Waals surface area contributed by atoms with Gasteiger partial charge in [-0.05, 0) is 85.8 Å². The highest BCUT2D eigenvalue weighted by Crippen LogP contribution is 2.33. The summed E-state index contributed by atoms with van der Waals surface area (Å²) < 4.78 is 17.4. The van der Waals surface area contributed by atoms with Crippen LogP contribution in [0.2, 0.25) is 5.02 Å². The van der Waals surface area contributed by atoms with E-state index in [1.165, 1.54) is 11.1 Å². The fourth-order valence-electron chi connectivity index (χ4n) is 3.91. The van der Waals surface area contributed by atoms with Gasteiger partial charge in [0.1, 0.15) is 17.2 Å². The van der Waals surface area contributed by atoms with Crippen LogP contribution in [0.5, 0.6) is 17.2 Å². The normalized spacial score (nSPS) is 14.2. The van der Waals surface area contributed by atoms with Crippen molar-refractivity contribution < 1.29 is 24.1 Å². The van der Waals surface area contributed by atoms with Gasteiger partial charge in [0.15, 0.2) is 0 Å². The predicted octanol–water partition coefficient (Wildman–Crippen LogP) is 6.06. The summed E-state index contributed by atoms with van der Waals surface area (Å²) in [5.41, 5.74) is 1.61. The first-order valence-electron chi connectivity index (χ1n) is 11.1. The number of aliphatic carboxylic acids is 1. The van der Waals surface area contributed by atoms with Gasteiger partial charge in [-0.15, -0.1) is 0 Å². The van der Waals surface area contributed by atoms with Gasteiger partial charge >= 0.3 is 5.97 Å². The average molecular weight is 467 g/mol. The van der Waals surface area contributed by atoms with Crippen LogP contribution in [-0.4, -0.2) is 24.3 Å². The second-order valence-electron chi connectivity index (χ2n) is 8.25. The second-order valence-corrected chi connectivity index (χ2v) is 8.69. The summed E-state index contributed by atoms with van der Waals surface area (Å²) in [6, 6.07) is 20.1. The Morgan fingerprint density at radius 1 is 0.879 bits per heavy atom. The van der Waals surface area contributed by atoms with Crippen LogP contribution in [0.15, 0.2) is 66.7 Å². The number of ether oxygens (including phenoxy) is 3. The number of rotatable bonds is 10. The molecule has 0 amide bonds. The predicted molar refractivity (Wildman–Crippen MR) is 128 cm³/mol. The van der Waals surface area contributed by atoms with Crippen LogP contribution < -0.4 is 14.2 Å². The van der Waals surface area contributed by atoms with Gasteiger partial charge in [-0.3, -0.25) is 0 Å². The lowest BCUT2D eigenvalue weighted by atomic mass is 9.95. The molecule has 0 fully saturated rings. The maximum atomic E-state index is 12.1. The molecule has 0 radical (unpaired) electrons. The zero-order chi connectivity index (χ0) is 23.3. The van der Waals surface area contributed by atoms with Gasteiger partial charge in [0.25, 0.3) is 0 Å². The van der Waals surface area contributed by atoms with Crippen molar-refractivity contribution in [3.63, 3.8) is 0 Å². The van der Waals surface area contributed by atoms with Gasteiger partial charge in [0.05, 0.1) is 13.2 Å². The quantitative estimate of drug-likeness (QED) is 0.368. The average Bonchev–Trinajstić information content (AvgIpc) is 3.28. The molecule has 1 aliphatic rings. The SMILES string of the molecule is CC(Oc1ccc2c(c1)CCC2)(C(=O)O)c1ccc(OCCCOc2ccc(Cl)cc2)cc1. The van der Waals surface area contributed by atoms with Crippen molar-refractivity contribution in [3.8, 4) is 17.2 Å². The van der Waals surface area contributed by atoms with E-state index < -0.39 is 11.6 Å². The van der Waals surface area contributed by atoms with Crippen LogP contribution in [0, 0.1) is 0 Å². The van der Waals surface area contributed by atoms with E-state index in [1.54, 1.807) is 43.3 Å². The molecule has 1 aliphatic carbocycles. The third-order valence-corrected chi connectivity index (χ3v) is 6.10. The van der Waals surface area contributed by atoms with E-state index in [4.69, 9.17) is 25.8 Å². The standard InChI is InChI=1S/C27H27ClO5/c1-27(26(29)30,33-25-11-6-19-4-2-5-20(19)18-25)21-7-12-23(13-8-21)31-16-3-17-32-24-14-9-22(28)10-15-24/h6-15,18H,2-5,16-17H2,1H3,(H,29,30). The molecule has 0 aliphatic heterocycles. The lowest BCUT2D eigenvalue weighted by Gasteiger charge is -2.27. The number of hydrogen-bond acceptors (Lipinski definition) is 4. The van der Waals surface area contributed by atoms with Crippen LogP contribution in [0.1, 0.15) is 36.5 Å². The van der Waals surface area contributed by atoms with E-state index in [1.807, 2.05) is 30.3 Å². The molecule has 4 rings (SSSR count). The van der Waals surface area contributed by atoms with Gasteiger partial charge in [-0.25, -0.2) is 4.79 Å². The van der Waals surface area contributed by atoms with E-state index in [-0.39, 0.29) is 0 Å². The molecule has 0 heterocycles. The van der Waals surface area contributed by atoms with Gasteiger partial charge in [-0.1, -0.05) is 29.8 Å². The summed E-state index contributed by atoms with van der Waals surface area (Å²) in [6.45, 7) is 2.58. The molecule has 33 heavy (non-hydrogen) atoms. The van der Waals surface area contributed by atoms with E-state index >= 15 is 0 Å². The van der Waals surface area contributed by atoms with Crippen LogP contribution in [-0.2, 0) is 23.2 Å². The molecule has 1 unspecified atom stereocenters. The van der Waals surface area contributed by atoms with Crippen LogP contribution in [0.3, 0.4) is 0 Å². The summed E-state index contributed by atoms with van der Waals surface area (Å²) in [4.78, 5) is 12.1. The first-order valence-corrected chi connectivity index (χ1v) is 11.5. The van der Waals surface area contributed by atoms with Crippen molar-refractivity contribution in [1.29, 1.82) is 0 Å². The molecular weight excluding hydrogens is 440 g/mol. The molecular formula is C27H27ClO5. The van der Waals surface area contributed by atoms with Gasteiger partial charge in [-0.2, -0.15) is 0 Å². The Kier molecular flexibility index (Phi) is 7.09. The minimum atomic E-state index is -1.50. The zero-order valence-corrected chi connectivity index (χ0v) is 19.3. The Labute approximate surface area is 198 Å². The number of hydrogen-bond donors (Lipinski definition) is 1. The van der Waals surface area contributed by atoms with Gasteiger partial charge in [0.2, 0.25) is 5.60 Å². The third kappa shape index (κ3) is 5.60. The highest BCUT2D eigenvalue weighted by Gasteiger charge is 2.38. The van der Waals surface area contributed by atoms with E-state index in [0.29, 0.717) is 41.7 Å². The largest absolute Gasteiger partial charge is 0.493 e. The van der Waals surface area contributed by atoms with Crippen LogP contribution in [0.25, 0.3) is 0 Å². The number of aryl methyl sites for hydroxylation is 2. The summed E-state index contributed by atoms with van der Waals surface area (Å²) in [5, 5.41) is 10.6. The van der Waals surface area contributed by atoms with Crippen molar-refractivity contribution in [2.24, 2.45) is 0 Å². The number of carboxylic acid groups (broad SMARTS) is 1. The van der Waals surface area contributed by atoms with Crippen molar-refractivity contribution in [2.75, 3.05) is 13.2 Å². The fraction of sp³-hybridized carbons (Fsp3) is 0.296. The molecule has 0 aromatic heterocycles. The number of fused-ring (bicyclic) bond motifs is 1. The van der Waals surface area contributed by atoms with Crippen LogP contribution in [0.4, 0.5) is 0 Å². The molecule has 0 saturated heterocycles. The Morgan fingerprint density at radius 3 is 2.09 bits per heavy atom. The monoisotopic (exact) mass is 466 g/mol. The summed E-state index contributed by atoms with van der Waals surface area (Å²) in [5.74, 6) is 0.952. The minimum Gasteiger partial charge on any atom is -0.493 e. The van der Waals surface area contributed by atoms with Crippen LogP contribution >= 0.6 is 11.6 Å². The second kappa shape index (κ2) is 10.2. The first-order chi connectivity index (χ1) is 15.9.